The average molecular weight is 384 g/mol. The molecule has 0 aliphatic rings. The normalized spacial score (nSPS) is 11.2. The molecule has 0 radical (unpaired) electrons. The van der Waals surface area contributed by atoms with Gasteiger partial charge in [-0.15, -0.1) is 0 Å². The number of benzene rings is 2. The Morgan fingerprint density at radius 1 is 1.15 bits per heavy atom. The molecule has 1 aromatic heterocycles. The monoisotopic (exact) mass is 383 g/mol. The zero-order chi connectivity index (χ0) is 18.7. The fourth-order valence-electron chi connectivity index (χ4n) is 2.51. The van der Waals surface area contributed by atoms with Crippen molar-refractivity contribution in [2.75, 3.05) is 0 Å². The number of allylic oxidation sites excluding steroid dienone is 1. The molecule has 0 spiro atoms. The number of rotatable bonds is 4. The maximum atomic E-state index is 10.8. The minimum absolute atomic E-state index is 0.0173. The van der Waals surface area contributed by atoms with E-state index >= 15 is 0 Å². The maximum Gasteiger partial charge on any atom is 0.269 e. The van der Waals surface area contributed by atoms with Crippen LogP contribution in [0.15, 0.2) is 60.8 Å². The summed E-state index contributed by atoms with van der Waals surface area (Å²) in [6, 6.07) is 16.9. The predicted octanol–water partition coefficient (Wildman–Crippen LogP) is 5.76. The van der Waals surface area contributed by atoms with E-state index in [4.69, 9.17) is 23.2 Å². The molecule has 0 saturated heterocycles. The number of hydrogen-bond donors (Lipinski definition) is 0. The van der Waals surface area contributed by atoms with Crippen LogP contribution in [0.2, 0.25) is 10.0 Å². The van der Waals surface area contributed by atoms with Gasteiger partial charge < -0.3 is 4.57 Å². The van der Waals surface area contributed by atoms with Crippen LogP contribution in [0.1, 0.15) is 11.3 Å². The number of nitriles is 1. The molecule has 0 saturated carbocycles. The number of aromatic nitrogens is 1. The van der Waals surface area contributed by atoms with Gasteiger partial charge in [-0.3, -0.25) is 10.1 Å². The van der Waals surface area contributed by atoms with Gasteiger partial charge in [0.1, 0.15) is 0 Å². The van der Waals surface area contributed by atoms with E-state index in [1.807, 2.05) is 22.9 Å². The number of nitrogens with zero attached hydrogens (tertiary/aromatic N) is 3. The average Bonchev–Trinajstić information content (AvgIpc) is 3.08. The lowest BCUT2D eigenvalue weighted by Gasteiger charge is -2.08. The Hall–Kier alpha value is -3.07. The highest BCUT2D eigenvalue weighted by molar-refractivity contribution is 6.36. The van der Waals surface area contributed by atoms with Crippen LogP contribution in [0, 0.1) is 21.4 Å². The molecule has 7 heteroatoms. The molecular formula is C19H11Cl2N3O2. The van der Waals surface area contributed by atoms with Crippen LogP contribution in [0.25, 0.3) is 17.3 Å². The van der Waals surface area contributed by atoms with E-state index in [1.165, 1.54) is 12.1 Å². The Bertz CT molecular complexity index is 1050. The quantitative estimate of drug-likeness (QED) is 0.326. The second-order valence-electron chi connectivity index (χ2n) is 5.37. The van der Waals surface area contributed by atoms with Crippen LogP contribution in [0.3, 0.4) is 0 Å². The fraction of sp³-hybridized carbons (Fsp3) is 0. The minimum atomic E-state index is -0.448. The first-order chi connectivity index (χ1) is 12.5. The Morgan fingerprint density at radius 3 is 2.50 bits per heavy atom. The van der Waals surface area contributed by atoms with Gasteiger partial charge in [0.25, 0.3) is 5.69 Å². The van der Waals surface area contributed by atoms with Gasteiger partial charge in [-0.05, 0) is 42.5 Å². The molecule has 0 atom stereocenters. The lowest BCUT2D eigenvalue weighted by Crippen LogP contribution is -1.96. The smallest absolute Gasteiger partial charge is 0.269 e. The van der Waals surface area contributed by atoms with Crippen LogP contribution in [-0.2, 0) is 0 Å². The third-order valence-corrected chi connectivity index (χ3v) is 4.30. The van der Waals surface area contributed by atoms with E-state index in [1.54, 1.807) is 36.4 Å². The third-order valence-electron chi connectivity index (χ3n) is 3.75. The highest BCUT2D eigenvalue weighted by Crippen LogP contribution is 2.29. The summed E-state index contributed by atoms with van der Waals surface area (Å²) < 4.78 is 1.82. The molecule has 26 heavy (non-hydrogen) atoms. The molecule has 0 aliphatic heterocycles. The van der Waals surface area contributed by atoms with Gasteiger partial charge in [-0.1, -0.05) is 29.3 Å². The second kappa shape index (κ2) is 7.44. The van der Waals surface area contributed by atoms with Gasteiger partial charge in [0.15, 0.2) is 0 Å². The molecule has 3 aromatic rings. The number of nitro groups is 1. The van der Waals surface area contributed by atoms with Crippen molar-refractivity contribution in [3.63, 3.8) is 0 Å². The SMILES string of the molecule is N#CC(=Cc1cccn1-c1ccc([N+](=O)[O-])cc1)c1ccc(Cl)cc1Cl. The lowest BCUT2D eigenvalue weighted by atomic mass is 10.1. The zero-order valence-corrected chi connectivity index (χ0v) is 14.8. The first-order valence-electron chi connectivity index (χ1n) is 7.49. The van der Waals surface area contributed by atoms with E-state index < -0.39 is 4.92 Å². The van der Waals surface area contributed by atoms with E-state index in [-0.39, 0.29) is 5.69 Å². The summed E-state index contributed by atoms with van der Waals surface area (Å²) in [6.07, 6.45) is 3.52. The molecule has 3 rings (SSSR count). The first kappa shape index (κ1) is 17.7. The van der Waals surface area contributed by atoms with Gasteiger partial charge in [0, 0.05) is 40.3 Å². The van der Waals surface area contributed by atoms with Crippen molar-refractivity contribution in [1.82, 2.24) is 4.57 Å². The van der Waals surface area contributed by atoms with Crippen molar-refractivity contribution in [3.05, 3.63) is 92.2 Å². The standard InChI is InChI=1S/C19H11Cl2N3O2/c20-14-3-8-18(19(21)11-14)13(12-22)10-17-2-1-9-23(17)15-4-6-16(7-5-15)24(25)26/h1-11H. The van der Waals surface area contributed by atoms with Gasteiger partial charge in [-0.25, -0.2) is 0 Å². The summed E-state index contributed by atoms with van der Waals surface area (Å²) in [6.45, 7) is 0. The number of non-ortho nitro benzene ring substituents is 1. The van der Waals surface area contributed by atoms with E-state index in [9.17, 15) is 15.4 Å². The molecular weight excluding hydrogens is 373 g/mol. The first-order valence-corrected chi connectivity index (χ1v) is 8.24. The van der Waals surface area contributed by atoms with Gasteiger partial charge in [0.2, 0.25) is 0 Å². The van der Waals surface area contributed by atoms with Crippen LogP contribution < -0.4 is 0 Å². The van der Waals surface area contributed by atoms with Crippen LogP contribution in [0.5, 0.6) is 0 Å². The van der Waals surface area contributed by atoms with Crippen LogP contribution in [0.4, 0.5) is 5.69 Å². The molecule has 1 heterocycles. The number of nitro benzene ring substituents is 1. The molecule has 0 aliphatic carbocycles. The molecule has 0 N–H and O–H groups in total. The van der Waals surface area contributed by atoms with Crippen molar-refractivity contribution in [2.24, 2.45) is 0 Å². The topological polar surface area (TPSA) is 71.9 Å². The van der Waals surface area contributed by atoms with Crippen molar-refractivity contribution >= 4 is 40.5 Å². The van der Waals surface area contributed by atoms with Crippen molar-refractivity contribution in [2.45, 2.75) is 0 Å². The van der Waals surface area contributed by atoms with Crippen molar-refractivity contribution in [3.8, 4) is 11.8 Å². The molecule has 0 fully saturated rings. The Kier molecular flexibility index (Phi) is 5.08. The maximum absolute atomic E-state index is 10.8. The van der Waals surface area contributed by atoms with E-state index in [0.29, 0.717) is 21.2 Å². The molecule has 0 amide bonds. The Labute approximate surface area is 159 Å². The Morgan fingerprint density at radius 2 is 1.88 bits per heavy atom. The summed E-state index contributed by atoms with van der Waals surface area (Å²) in [4.78, 5) is 10.3. The fourth-order valence-corrected chi connectivity index (χ4v) is 3.02. The summed E-state index contributed by atoms with van der Waals surface area (Å²) in [7, 11) is 0. The molecule has 0 unspecified atom stereocenters. The minimum Gasteiger partial charge on any atom is -0.317 e. The van der Waals surface area contributed by atoms with Crippen molar-refractivity contribution in [1.29, 1.82) is 5.26 Å². The molecule has 0 bridgehead atoms. The van der Waals surface area contributed by atoms with E-state index in [0.717, 1.165) is 11.4 Å². The van der Waals surface area contributed by atoms with Gasteiger partial charge in [-0.2, -0.15) is 5.26 Å². The zero-order valence-electron chi connectivity index (χ0n) is 13.3. The number of halogens is 2. The molecule has 5 nitrogen and oxygen atoms in total. The predicted molar refractivity (Wildman–Crippen MR) is 102 cm³/mol. The molecule has 2 aromatic carbocycles. The van der Waals surface area contributed by atoms with Gasteiger partial charge in [0.05, 0.1) is 21.6 Å². The number of hydrogen-bond acceptors (Lipinski definition) is 3. The summed E-state index contributed by atoms with van der Waals surface area (Å²) >= 11 is 12.1. The second-order valence-corrected chi connectivity index (χ2v) is 6.21. The Balaban J connectivity index is 2.03. The summed E-state index contributed by atoms with van der Waals surface area (Å²) in [5, 5.41) is 21.2. The summed E-state index contributed by atoms with van der Waals surface area (Å²) in [5.74, 6) is 0. The largest absolute Gasteiger partial charge is 0.317 e. The molecule has 128 valence electrons. The summed E-state index contributed by atoms with van der Waals surface area (Å²) in [5.41, 5.74) is 2.46. The van der Waals surface area contributed by atoms with Gasteiger partial charge >= 0.3 is 0 Å². The third kappa shape index (κ3) is 3.62. The lowest BCUT2D eigenvalue weighted by molar-refractivity contribution is -0.384. The highest BCUT2D eigenvalue weighted by Gasteiger charge is 2.10. The van der Waals surface area contributed by atoms with Crippen LogP contribution >= 0.6 is 23.2 Å². The van der Waals surface area contributed by atoms with Crippen LogP contribution in [-0.4, -0.2) is 9.49 Å². The van der Waals surface area contributed by atoms with E-state index in [2.05, 4.69) is 6.07 Å². The highest BCUT2D eigenvalue weighted by atomic mass is 35.5. The van der Waals surface area contributed by atoms with Crippen molar-refractivity contribution < 1.29 is 4.92 Å².